The number of hydrogen-bond donors (Lipinski definition) is 2. The van der Waals surface area contributed by atoms with Gasteiger partial charge in [-0.15, -0.1) is 0 Å². The number of hydrogen-bond acceptors (Lipinski definition) is 3. The molecule has 1 aliphatic carbocycles. The number of carboxylic acids is 1. The second-order valence-electron chi connectivity index (χ2n) is 5.62. The normalized spacial score (nSPS) is 17.2. The van der Waals surface area contributed by atoms with Gasteiger partial charge < -0.3 is 10.4 Å². The summed E-state index contributed by atoms with van der Waals surface area (Å²) in [5.41, 5.74) is -0.226. The van der Waals surface area contributed by atoms with E-state index >= 15 is 0 Å². The molecule has 21 heavy (non-hydrogen) atoms. The van der Waals surface area contributed by atoms with E-state index in [4.69, 9.17) is 0 Å². The van der Waals surface area contributed by atoms with Gasteiger partial charge in [0.2, 0.25) is 0 Å². The predicted octanol–water partition coefficient (Wildman–Crippen LogP) is 2.22. The molecule has 1 unspecified atom stereocenters. The largest absolute Gasteiger partial charge is 0.480 e. The molecule has 108 valence electrons. The molecule has 0 saturated heterocycles. The van der Waals surface area contributed by atoms with Crippen molar-refractivity contribution in [1.29, 1.82) is 0 Å². The number of fused-ring (bicyclic) bond motifs is 1. The van der Waals surface area contributed by atoms with Crippen LogP contribution in [0.15, 0.2) is 36.5 Å². The summed E-state index contributed by atoms with van der Waals surface area (Å²) in [6.07, 6.45) is 3.28. The Morgan fingerprint density at radius 3 is 2.67 bits per heavy atom. The number of pyridine rings is 1. The summed E-state index contributed by atoms with van der Waals surface area (Å²) in [5, 5.41) is 13.0. The van der Waals surface area contributed by atoms with E-state index in [1.54, 1.807) is 31.3 Å². The maximum Gasteiger partial charge on any atom is 0.329 e. The van der Waals surface area contributed by atoms with Gasteiger partial charge in [0, 0.05) is 11.6 Å². The van der Waals surface area contributed by atoms with Crippen molar-refractivity contribution in [3.8, 4) is 0 Å². The molecule has 1 saturated carbocycles. The second kappa shape index (κ2) is 4.84. The average Bonchev–Trinajstić information content (AvgIpc) is 3.31. The molecular formula is C16H16N2O3. The number of aromatic nitrogens is 1. The molecule has 3 rings (SSSR count). The van der Waals surface area contributed by atoms with Gasteiger partial charge in [-0.25, -0.2) is 4.79 Å². The van der Waals surface area contributed by atoms with E-state index < -0.39 is 17.4 Å². The molecule has 1 amide bonds. The second-order valence-corrected chi connectivity index (χ2v) is 5.62. The standard InChI is InChI=1S/C16H16N2O3/c1-16(15(20)21,11-7-8-11)18-14(19)12-6-2-4-10-5-3-9-17-13(10)12/h2-6,9,11H,7-8H2,1H3,(H,18,19)(H,20,21). The van der Waals surface area contributed by atoms with Gasteiger partial charge in [-0.1, -0.05) is 18.2 Å². The first-order valence-corrected chi connectivity index (χ1v) is 6.92. The lowest BCUT2D eigenvalue weighted by molar-refractivity contribution is -0.144. The van der Waals surface area contributed by atoms with Crippen molar-refractivity contribution in [3.63, 3.8) is 0 Å². The first-order valence-electron chi connectivity index (χ1n) is 6.92. The zero-order valence-corrected chi connectivity index (χ0v) is 11.7. The number of carbonyl (C=O) groups excluding carboxylic acids is 1. The summed E-state index contributed by atoms with van der Waals surface area (Å²) in [5.74, 6) is -1.38. The minimum Gasteiger partial charge on any atom is -0.480 e. The van der Waals surface area contributed by atoms with Crippen LogP contribution in [0.3, 0.4) is 0 Å². The molecule has 1 aliphatic rings. The lowest BCUT2D eigenvalue weighted by atomic mass is 9.95. The van der Waals surface area contributed by atoms with Gasteiger partial charge in [0.1, 0.15) is 5.54 Å². The lowest BCUT2D eigenvalue weighted by Gasteiger charge is -2.26. The minimum absolute atomic E-state index is 0.00175. The SMILES string of the molecule is CC(NC(=O)c1cccc2cccnc12)(C(=O)O)C1CC1. The van der Waals surface area contributed by atoms with Gasteiger partial charge >= 0.3 is 5.97 Å². The summed E-state index contributed by atoms with van der Waals surface area (Å²) in [6.45, 7) is 1.57. The van der Waals surface area contributed by atoms with Crippen LogP contribution in [0, 0.1) is 5.92 Å². The van der Waals surface area contributed by atoms with E-state index in [1.807, 2.05) is 12.1 Å². The number of nitrogens with one attached hydrogen (secondary N) is 1. The Morgan fingerprint density at radius 1 is 1.29 bits per heavy atom. The number of nitrogens with zero attached hydrogens (tertiary/aromatic N) is 1. The van der Waals surface area contributed by atoms with Crippen LogP contribution in [0.2, 0.25) is 0 Å². The molecule has 2 aromatic rings. The molecule has 5 heteroatoms. The number of benzene rings is 1. The van der Waals surface area contributed by atoms with Crippen molar-refractivity contribution in [2.24, 2.45) is 5.92 Å². The first kappa shape index (κ1) is 13.5. The Labute approximate surface area is 122 Å². The fourth-order valence-corrected chi connectivity index (χ4v) is 2.58. The van der Waals surface area contributed by atoms with Gasteiger partial charge in [-0.3, -0.25) is 9.78 Å². The van der Waals surface area contributed by atoms with Crippen LogP contribution in [0.5, 0.6) is 0 Å². The average molecular weight is 284 g/mol. The van der Waals surface area contributed by atoms with Crippen LogP contribution in [0.25, 0.3) is 10.9 Å². The Kier molecular flexibility index (Phi) is 3.12. The third-order valence-electron chi connectivity index (χ3n) is 4.09. The molecule has 1 atom stereocenters. The van der Waals surface area contributed by atoms with Gasteiger partial charge in [-0.2, -0.15) is 0 Å². The fraction of sp³-hybridized carbons (Fsp3) is 0.312. The molecule has 0 spiro atoms. The van der Waals surface area contributed by atoms with Crippen LogP contribution in [0.1, 0.15) is 30.1 Å². The molecule has 1 aromatic heterocycles. The number of amides is 1. The van der Waals surface area contributed by atoms with E-state index in [2.05, 4.69) is 10.3 Å². The molecule has 2 N–H and O–H groups in total. The van der Waals surface area contributed by atoms with Crippen molar-refractivity contribution in [2.45, 2.75) is 25.3 Å². The smallest absolute Gasteiger partial charge is 0.329 e. The number of para-hydroxylation sites is 1. The van der Waals surface area contributed by atoms with Crippen LogP contribution in [-0.4, -0.2) is 27.5 Å². The summed E-state index contributed by atoms with van der Waals surface area (Å²) in [6, 6.07) is 8.98. The molecular weight excluding hydrogens is 268 g/mol. The first-order chi connectivity index (χ1) is 10.0. The molecule has 0 aliphatic heterocycles. The van der Waals surface area contributed by atoms with E-state index in [0.717, 1.165) is 18.2 Å². The molecule has 1 aromatic carbocycles. The molecule has 5 nitrogen and oxygen atoms in total. The van der Waals surface area contributed by atoms with Crippen molar-refractivity contribution in [3.05, 3.63) is 42.1 Å². The van der Waals surface area contributed by atoms with Crippen LogP contribution >= 0.6 is 0 Å². The number of carbonyl (C=O) groups is 2. The van der Waals surface area contributed by atoms with Crippen molar-refractivity contribution in [2.75, 3.05) is 0 Å². The zero-order chi connectivity index (χ0) is 15.0. The highest BCUT2D eigenvalue weighted by Gasteiger charge is 2.48. The van der Waals surface area contributed by atoms with Crippen molar-refractivity contribution < 1.29 is 14.7 Å². The maximum atomic E-state index is 12.5. The van der Waals surface area contributed by atoms with Gasteiger partial charge in [-0.05, 0) is 37.8 Å². The number of carboxylic acid groups (broad SMARTS) is 1. The summed E-state index contributed by atoms with van der Waals surface area (Å²) < 4.78 is 0. The highest BCUT2D eigenvalue weighted by Crippen LogP contribution is 2.40. The highest BCUT2D eigenvalue weighted by atomic mass is 16.4. The molecule has 0 radical (unpaired) electrons. The van der Waals surface area contributed by atoms with Gasteiger partial charge in [0.05, 0.1) is 11.1 Å². The topological polar surface area (TPSA) is 79.3 Å². The highest BCUT2D eigenvalue weighted by molar-refractivity contribution is 6.07. The minimum atomic E-state index is -1.21. The van der Waals surface area contributed by atoms with E-state index in [9.17, 15) is 14.7 Å². The predicted molar refractivity (Wildman–Crippen MR) is 78.0 cm³/mol. The van der Waals surface area contributed by atoms with Crippen molar-refractivity contribution in [1.82, 2.24) is 10.3 Å². The Balaban J connectivity index is 1.96. The molecule has 1 fully saturated rings. The van der Waals surface area contributed by atoms with Crippen LogP contribution in [-0.2, 0) is 4.79 Å². The Morgan fingerprint density at radius 2 is 2.00 bits per heavy atom. The van der Waals surface area contributed by atoms with Crippen molar-refractivity contribution >= 4 is 22.8 Å². The molecule has 1 heterocycles. The van der Waals surface area contributed by atoms with Gasteiger partial charge in [0.15, 0.2) is 0 Å². The van der Waals surface area contributed by atoms with E-state index in [0.29, 0.717) is 11.1 Å². The van der Waals surface area contributed by atoms with Crippen LogP contribution < -0.4 is 5.32 Å². The van der Waals surface area contributed by atoms with E-state index in [-0.39, 0.29) is 5.92 Å². The summed E-state index contributed by atoms with van der Waals surface area (Å²) in [7, 11) is 0. The zero-order valence-electron chi connectivity index (χ0n) is 11.7. The monoisotopic (exact) mass is 284 g/mol. The van der Waals surface area contributed by atoms with E-state index in [1.165, 1.54) is 0 Å². The number of rotatable bonds is 4. The summed E-state index contributed by atoms with van der Waals surface area (Å²) >= 11 is 0. The maximum absolute atomic E-state index is 12.5. The van der Waals surface area contributed by atoms with Crippen LogP contribution in [0.4, 0.5) is 0 Å². The number of aliphatic carboxylic acids is 1. The Hall–Kier alpha value is -2.43. The van der Waals surface area contributed by atoms with Gasteiger partial charge in [0.25, 0.3) is 5.91 Å². The summed E-state index contributed by atoms with van der Waals surface area (Å²) in [4.78, 5) is 28.2. The quantitative estimate of drug-likeness (QED) is 0.902. The lowest BCUT2D eigenvalue weighted by Crippen LogP contribution is -2.54. The fourth-order valence-electron chi connectivity index (χ4n) is 2.58. The Bertz CT molecular complexity index is 719. The third kappa shape index (κ3) is 2.35. The third-order valence-corrected chi connectivity index (χ3v) is 4.09. The molecule has 0 bridgehead atoms.